The van der Waals surface area contributed by atoms with Crippen LogP contribution >= 0.6 is 24.0 Å². The minimum absolute atomic E-state index is 0.237. The van der Waals surface area contributed by atoms with Crippen LogP contribution in [0.3, 0.4) is 0 Å². The largest absolute Gasteiger partial charge is 0.376 e. The standard InChI is InChI=1S/C8H7N3S2/c9-5-13-7-3-1-6(2-4-7)11-8(10)12/h1-4H,(H3,10,11,12). The van der Waals surface area contributed by atoms with Crippen LogP contribution in [0.25, 0.3) is 0 Å². The van der Waals surface area contributed by atoms with Gasteiger partial charge in [0, 0.05) is 10.6 Å². The number of hydrogen-bond donors (Lipinski definition) is 2. The molecule has 0 saturated heterocycles. The number of hydrogen-bond acceptors (Lipinski definition) is 3. The maximum atomic E-state index is 8.39. The smallest absolute Gasteiger partial charge is 0.168 e. The highest BCUT2D eigenvalue weighted by atomic mass is 32.2. The van der Waals surface area contributed by atoms with E-state index >= 15 is 0 Å². The molecule has 66 valence electrons. The van der Waals surface area contributed by atoms with Crippen molar-refractivity contribution in [2.75, 3.05) is 5.32 Å². The average molecular weight is 209 g/mol. The second kappa shape index (κ2) is 4.70. The summed E-state index contributed by atoms with van der Waals surface area (Å²) in [5.41, 5.74) is 6.11. The summed E-state index contributed by atoms with van der Waals surface area (Å²) in [4.78, 5) is 0.899. The lowest BCUT2D eigenvalue weighted by Crippen LogP contribution is -2.18. The summed E-state index contributed by atoms with van der Waals surface area (Å²) in [5, 5.41) is 13.4. The van der Waals surface area contributed by atoms with Crippen molar-refractivity contribution in [2.45, 2.75) is 4.90 Å². The Bertz CT molecular complexity index is 339. The van der Waals surface area contributed by atoms with Crippen molar-refractivity contribution in [3.63, 3.8) is 0 Å². The third kappa shape index (κ3) is 3.32. The molecule has 1 aromatic carbocycles. The van der Waals surface area contributed by atoms with Gasteiger partial charge in [-0.3, -0.25) is 0 Å². The minimum Gasteiger partial charge on any atom is -0.376 e. The Kier molecular flexibility index (Phi) is 3.55. The van der Waals surface area contributed by atoms with E-state index in [0.717, 1.165) is 22.3 Å². The van der Waals surface area contributed by atoms with Crippen LogP contribution in [0.15, 0.2) is 29.2 Å². The molecule has 0 unspecified atom stereocenters. The van der Waals surface area contributed by atoms with Crippen LogP contribution < -0.4 is 11.1 Å². The summed E-state index contributed by atoms with van der Waals surface area (Å²) in [6.45, 7) is 0. The third-order valence-corrected chi connectivity index (χ3v) is 1.99. The maximum Gasteiger partial charge on any atom is 0.168 e. The quantitative estimate of drug-likeness (QED) is 0.442. The Morgan fingerprint density at radius 2 is 2.08 bits per heavy atom. The van der Waals surface area contributed by atoms with Crippen molar-refractivity contribution >= 4 is 34.8 Å². The van der Waals surface area contributed by atoms with E-state index in [1.165, 1.54) is 0 Å². The molecule has 3 N–H and O–H groups in total. The van der Waals surface area contributed by atoms with E-state index in [1.54, 1.807) is 0 Å². The molecule has 0 heterocycles. The second-order valence-electron chi connectivity index (χ2n) is 2.21. The number of nitriles is 1. The molecule has 0 radical (unpaired) electrons. The first-order chi connectivity index (χ1) is 6.22. The number of nitrogens with one attached hydrogen (secondary N) is 1. The molecule has 1 rings (SSSR count). The van der Waals surface area contributed by atoms with Crippen molar-refractivity contribution < 1.29 is 0 Å². The van der Waals surface area contributed by atoms with E-state index in [9.17, 15) is 0 Å². The maximum absolute atomic E-state index is 8.39. The fourth-order valence-corrected chi connectivity index (χ4v) is 1.30. The fourth-order valence-electron chi connectivity index (χ4n) is 0.801. The number of nitrogens with two attached hydrogens (primary N) is 1. The van der Waals surface area contributed by atoms with Crippen LogP contribution in [-0.2, 0) is 0 Å². The predicted molar refractivity (Wildman–Crippen MR) is 58.3 cm³/mol. The van der Waals surface area contributed by atoms with E-state index in [4.69, 9.17) is 11.0 Å². The third-order valence-electron chi connectivity index (χ3n) is 1.29. The Hall–Kier alpha value is -1.25. The van der Waals surface area contributed by atoms with Gasteiger partial charge in [-0.05, 0) is 48.2 Å². The van der Waals surface area contributed by atoms with Gasteiger partial charge < -0.3 is 11.1 Å². The highest BCUT2D eigenvalue weighted by molar-refractivity contribution is 8.03. The zero-order valence-electron chi connectivity index (χ0n) is 6.65. The van der Waals surface area contributed by atoms with Gasteiger partial charge in [0.1, 0.15) is 5.40 Å². The molecule has 0 aliphatic carbocycles. The fraction of sp³-hybridized carbons (Fsp3) is 0. The first-order valence-electron chi connectivity index (χ1n) is 3.45. The van der Waals surface area contributed by atoms with Gasteiger partial charge in [-0.2, -0.15) is 5.26 Å². The monoisotopic (exact) mass is 209 g/mol. The lowest BCUT2D eigenvalue weighted by molar-refractivity contribution is 1.46. The van der Waals surface area contributed by atoms with Crippen LogP contribution in [0, 0.1) is 10.7 Å². The lowest BCUT2D eigenvalue weighted by Gasteiger charge is -2.02. The molecular weight excluding hydrogens is 202 g/mol. The van der Waals surface area contributed by atoms with Gasteiger partial charge in [-0.15, -0.1) is 0 Å². The Morgan fingerprint density at radius 1 is 1.46 bits per heavy atom. The molecule has 3 nitrogen and oxygen atoms in total. The van der Waals surface area contributed by atoms with E-state index in [1.807, 2.05) is 29.7 Å². The number of benzene rings is 1. The summed E-state index contributed by atoms with van der Waals surface area (Å²) in [5.74, 6) is 0. The molecule has 5 heteroatoms. The van der Waals surface area contributed by atoms with Crippen LogP contribution in [0.1, 0.15) is 0 Å². The summed E-state index contributed by atoms with van der Waals surface area (Å²) < 4.78 is 0. The Balaban J connectivity index is 2.70. The molecule has 0 bridgehead atoms. The first-order valence-corrected chi connectivity index (χ1v) is 4.67. The van der Waals surface area contributed by atoms with E-state index in [2.05, 4.69) is 17.5 Å². The molecule has 0 fully saturated rings. The zero-order valence-corrected chi connectivity index (χ0v) is 8.28. The zero-order chi connectivity index (χ0) is 9.68. The molecule has 0 amide bonds. The summed E-state index contributed by atoms with van der Waals surface area (Å²) >= 11 is 5.79. The normalized spacial score (nSPS) is 8.85. The Morgan fingerprint density at radius 3 is 2.54 bits per heavy atom. The Labute approximate surface area is 85.9 Å². The number of anilines is 1. The van der Waals surface area contributed by atoms with Crippen molar-refractivity contribution in [3.05, 3.63) is 24.3 Å². The molecule has 13 heavy (non-hydrogen) atoms. The predicted octanol–water partition coefficient (Wildman–Crippen LogP) is 1.92. The van der Waals surface area contributed by atoms with Crippen LogP contribution in [0.4, 0.5) is 5.69 Å². The number of nitrogens with zero attached hydrogens (tertiary/aromatic N) is 1. The van der Waals surface area contributed by atoms with E-state index in [-0.39, 0.29) is 5.11 Å². The lowest BCUT2D eigenvalue weighted by atomic mass is 10.3. The second-order valence-corrected chi connectivity index (χ2v) is 3.50. The molecule has 0 aromatic heterocycles. The highest BCUT2D eigenvalue weighted by Gasteiger charge is 1.94. The van der Waals surface area contributed by atoms with Gasteiger partial charge in [0.05, 0.1) is 0 Å². The first kappa shape index (κ1) is 9.84. The molecule has 0 saturated carbocycles. The summed E-state index contributed by atoms with van der Waals surface area (Å²) in [6, 6.07) is 7.29. The number of thiocyanates is 1. The number of rotatable bonds is 2. The molecule has 0 aliphatic rings. The minimum atomic E-state index is 0.237. The van der Waals surface area contributed by atoms with Crippen molar-refractivity contribution in [1.82, 2.24) is 0 Å². The highest BCUT2D eigenvalue weighted by Crippen LogP contribution is 2.18. The molecule has 0 atom stereocenters. The molecular formula is C8H7N3S2. The summed E-state index contributed by atoms with van der Waals surface area (Å²) in [6.07, 6.45) is 0. The van der Waals surface area contributed by atoms with Crippen LogP contribution in [-0.4, -0.2) is 5.11 Å². The van der Waals surface area contributed by atoms with Gasteiger partial charge in [-0.1, -0.05) is 0 Å². The number of thioether (sulfide) groups is 1. The molecule has 0 aliphatic heterocycles. The van der Waals surface area contributed by atoms with Gasteiger partial charge >= 0.3 is 0 Å². The average Bonchev–Trinajstić information content (AvgIpc) is 2.08. The number of thiocarbonyl (C=S) groups is 1. The van der Waals surface area contributed by atoms with Gasteiger partial charge in [0.2, 0.25) is 0 Å². The van der Waals surface area contributed by atoms with E-state index in [0.29, 0.717) is 0 Å². The SMILES string of the molecule is N#CSc1ccc(NC(N)=S)cc1. The molecule has 1 aromatic rings. The van der Waals surface area contributed by atoms with Gasteiger partial charge in [0.25, 0.3) is 0 Å². The van der Waals surface area contributed by atoms with E-state index < -0.39 is 0 Å². The van der Waals surface area contributed by atoms with Gasteiger partial charge in [0.15, 0.2) is 5.11 Å². The summed E-state index contributed by atoms with van der Waals surface area (Å²) in [7, 11) is 0. The van der Waals surface area contributed by atoms with Gasteiger partial charge in [-0.25, -0.2) is 0 Å². The van der Waals surface area contributed by atoms with Crippen LogP contribution in [0.2, 0.25) is 0 Å². The molecule has 0 spiro atoms. The van der Waals surface area contributed by atoms with Crippen molar-refractivity contribution in [3.8, 4) is 5.40 Å². The topological polar surface area (TPSA) is 61.8 Å². The van der Waals surface area contributed by atoms with Crippen molar-refractivity contribution in [1.29, 1.82) is 5.26 Å². The van der Waals surface area contributed by atoms with Crippen LogP contribution in [0.5, 0.6) is 0 Å². The van der Waals surface area contributed by atoms with Crippen molar-refractivity contribution in [2.24, 2.45) is 5.73 Å².